The first kappa shape index (κ1) is 15.7. The molecule has 6 nitrogen and oxygen atoms in total. The van der Waals surface area contributed by atoms with Gasteiger partial charge in [-0.3, -0.25) is 4.79 Å². The lowest BCUT2D eigenvalue weighted by Crippen LogP contribution is -2.32. The van der Waals surface area contributed by atoms with Gasteiger partial charge in [0.2, 0.25) is 5.91 Å². The average Bonchev–Trinajstić information content (AvgIpc) is 2.93. The van der Waals surface area contributed by atoms with Crippen LogP contribution in [-0.2, 0) is 20.9 Å². The summed E-state index contributed by atoms with van der Waals surface area (Å²) >= 11 is 0. The van der Waals surface area contributed by atoms with Gasteiger partial charge >= 0.3 is 0 Å². The molecule has 6 heteroatoms. The Morgan fingerprint density at radius 1 is 1.58 bits per heavy atom. The summed E-state index contributed by atoms with van der Waals surface area (Å²) in [4.78, 5) is 11.5. The predicted molar refractivity (Wildman–Crippen MR) is 70.5 cm³/mol. The molecule has 0 aliphatic heterocycles. The zero-order chi connectivity index (χ0) is 13.9. The van der Waals surface area contributed by atoms with Gasteiger partial charge in [0.25, 0.3) is 0 Å². The Morgan fingerprint density at radius 2 is 2.42 bits per heavy atom. The molecule has 1 aromatic heterocycles. The third kappa shape index (κ3) is 6.95. The van der Waals surface area contributed by atoms with Crippen LogP contribution in [0, 0.1) is 0 Å². The van der Waals surface area contributed by atoms with E-state index in [1.807, 2.05) is 12.1 Å². The maximum Gasteiger partial charge on any atom is 0.222 e. The molecule has 0 saturated heterocycles. The molecular formula is C13H22N2O4. The standard InChI is InChI=1S/C13H22N2O4/c1-17-12(9-14)8-13(16)15-5-3-6-18-10-11-4-2-7-19-11/h2,4,7,12H,3,5-6,8-10,14H2,1H3,(H,15,16). The van der Waals surface area contributed by atoms with Crippen LogP contribution in [0.2, 0.25) is 0 Å². The first-order valence-corrected chi connectivity index (χ1v) is 6.36. The Kier molecular flexibility index (Phi) is 7.88. The lowest BCUT2D eigenvalue weighted by atomic mass is 10.2. The normalized spacial score (nSPS) is 12.3. The van der Waals surface area contributed by atoms with Gasteiger partial charge in [0.1, 0.15) is 12.4 Å². The van der Waals surface area contributed by atoms with E-state index in [2.05, 4.69) is 5.32 Å². The predicted octanol–water partition coefficient (Wildman–Crippen LogP) is 0.666. The van der Waals surface area contributed by atoms with Crippen molar-refractivity contribution in [3.63, 3.8) is 0 Å². The molecule has 1 atom stereocenters. The van der Waals surface area contributed by atoms with Crippen molar-refractivity contribution in [2.45, 2.75) is 25.6 Å². The Hall–Kier alpha value is -1.37. The van der Waals surface area contributed by atoms with E-state index >= 15 is 0 Å². The highest BCUT2D eigenvalue weighted by Crippen LogP contribution is 2.01. The second-order valence-electron chi connectivity index (χ2n) is 4.13. The average molecular weight is 270 g/mol. The van der Waals surface area contributed by atoms with Crippen molar-refractivity contribution in [2.75, 3.05) is 26.8 Å². The molecule has 19 heavy (non-hydrogen) atoms. The molecule has 1 aromatic rings. The van der Waals surface area contributed by atoms with Gasteiger partial charge in [-0.25, -0.2) is 0 Å². The number of ether oxygens (including phenoxy) is 2. The number of carbonyl (C=O) groups is 1. The van der Waals surface area contributed by atoms with Crippen molar-refractivity contribution < 1.29 is 18.7 Å². The van der Waals surface area contributed by atoms with E-state index in [1.165, 1.54) is 0 Å². The van der Waals surface area contributed by atoms with E-state index < -0.39 is 0 Å². The van der Waals surface area contributed by atoms with E-state index in [4.69, 9.17) is 19.6 Å². The Morgan fingerprint density at radius 3 is 3.05 bits per heavy atom. The lowest BCUT2D eigenvalue weighted by molar-refractivity contribution is -0.123. The molecule has 0 bridgehead atoms. The largest absolute Gasteiger partial charge is 0.467 e. The molecule has 0 radical (unpaired) electrons. The monoisotopic (exact) mass is 270 g/mol. The number of furan rings is 1. The summed E-state index contributed by atoms with van der Waals surface area (Å²) in [6.07, 6.45) is 2.45. The van der Waals surface area contributed by atoms with Gasteiger partial charge in [-0.1, -0.05) is 0 Å². The minimum Gasteiger partial charge on any atom is -0.467 e. The molecule has 1 rings (SSSR count). The molecule has 0 spiro atoms. The van der Waals surface area contributed by atoms with E-state index in [1.54, 1.807) is 13.4 Å². The number of nitrogens with two attached hydrogens (primary N) is 1. The van der Waals surface area contributed by atoms with Crippen molar-refractivity contribution in [3.8, 4) is 0 Å². The Bertz CT molecular complexity index is 336. The van der Waals surface area contributed by atoms with E-state index in [0.717, 1.165) is 12.2 Å². The molecule has 0 aliphatic carbocycles. The Labute approximate surface area is 113 Å². The molecular weight excluding hydrogens is 248 g/mol. The van der Waals surface area contributed by atoms with Gasteiger partial charge in [-0.15, -0.1) is 0 Å². The number of methoxy groups -OCH3 is 1. The summed E-state index contributed by atoms with van der Waals surface area (Å²) in [5, 5.41) is 2.80. The molecule has 1 unspecified atom stereocenters. The van der Waals surface area contributed by atoms with Crippen LogP contribution in [0.25, 0.3) is 0 Å². The molecule has 1 heterocycles. The molecule has 0 aliphatic rings. The third-order valence-corrected chi connectivity index (χ3v) is 2.62. The van der Waals surface area contributed by atoms with Crippen LogP contribution in [0.5, 0.6) is 0 Å². The van der Waals surface area contributed by atoms with Crippen LogP contribution in [0.3, 0.4) is 0 Å². The summed E-state index contributed by atoms with van der Waals surface area (Å²) in [5.41, 5.74) is 5.44. The fourth-order valence-electron chi connectivity index (χ4n) is 1.51. The third-order valence-electron chi connectivity index (χ3n) is 2.62. The first-order chi connectivity index (χ1) is 9.26. The highest BCUT2D eigenvalue weighted by molar-refractivity contribution is 5.76. The topological polar surface area (TPSA) is 86.7 Å². The van der Waals surface area contributed by atoms with Crippen molar-refractivity contribution in [1.82, 2.24) is 5.32 Å². The zero-order valence-electron chi connectivity index (χ0n) is 11.3. The van der Waals surface area contributed by atoms with Gasteiger partial charge in [-0.05, 0) is 18.6 Å². The quantitative estimate of drug-likeness (QED) is 0.610. The molecule has 3 N–H and O–H groups in total. The van der Waals surface area contributed by atoms with Crippen molar-refractivity contribution >= 4 is 5.91 Å². The van der Waals surface area contributed by atoms with E-state index in [0.29, 0.717) is 32.7 Å². The maximum atomic E-state index is 11.5. The molecule has 108 valence electrons. The minimum atomic E-state index is -0.213. The summed E-state index contributed by atoms with van der Waals surface area (Å²) < 4.78 is 15.6. The Balaban J connectivity index is 1.96. The first-order valence-electron chi connectivity index (χ1n) is 6.36. The molecule has 0 aromatic carbocycles. The van der Waals surface area contributed by atoms with Crippen LogP contribution >= 0.6 is 0 Å². The van der Waals surface area contributed by atoms with E-state index in [-0.39, 0.29) is 12.0 Å². The van der Waals surface area contributed by atoms with E-state index in [9.17, 15) is 4.79 Å². The highest BCUT2D eigenvalue weighted by atomic mass is 16.5. The molecule has 0 fully saturated rings. The van der Waals surface area contributed by atoms with Gasteiger partial charge < -0.3 is 24.9 Å². The summed E-state index contributed by atoms with van der Waals surface area (Å²) in [6, 6.07) is 3.68. The van der Waals surface area contributed by atoms with Crippen LogP contribution in [0.15, 0.2) is 22.8 Å². The summed E-state index contributed by atoms with van der Waals surface area (Å²) in [7, 11) is 1.55. The van der Waals surface area contributed by atoms with Crippen molar-refractivity contribution in [3.05, 3.63) is 24.2 Å². The number of amides is 1. The second kappa shape index (κ2) is 9.55. The molecule has 1 amide bonds. The molecule has 0 saturated carbocycles. The highest BCUT2D eigenvalue weighted by Gasteiger charge is 2.10. The lowest BCUT2D eigenvalue weighted by Gasteiger charge is -2.12. The van der Waals surface area contributed by atoms with Crippen LogP contribution < -0.4 is 11.1 Å². The number of hydrogen-bond acceptors (Lipinski definition) is 5. The summed E-state index contributed by atoms with van der Waals surface area (Å²) in [6.45, 7) is 1.96. The minimum absolute atomic E-state index is 0.0525. The number of rotatable bonds is 10. The van der Waals surface area contributed by atoms with Crippen molar-refractivity contribution in [2.24, 2.45) is 5.73 Å². The summed E-state index contributed by atoms with van der Waals surface area (Å²) in [5.74, 6) is 0.748. The van der Waals surface area contributed by atoms with Gasteiger partial charge in [0.15, 0.2) is 0 Å². The SMILES string of the molecule is COC(CN)CC(=O)NCCCOCc1ccco1. The van der Waals surface area contributed by atoms with Crippen molar-refractivity contribution in [1.29, 1.82) is 0 Å². The smallest absolute Gasteiger partial charge is 0.222 e. The van der Waals surface area contributed by atoms with Crippen LogP contribution in [0.4, 0.5) is 0 Å². The fraction of sp³-hybridized carbons (Fsp3) is 0.615. The maximum absolute atomic E-state index is 11.5. The second-order valence-corrected chi connectivity index (χ2v) is 4.13. The number of hydrogen-bond donors (Lipinski definition) is 2. The zero-order valence-corrected chi connectivity index (χ0v) is 11.3. The van der Waals surface area contributed by atoms with Gasteiger partial charge in [0.05, 0.1) is 18.8 Å². The van der Waals surface area contributed by atoms with Crippen LogP contribution in [-0.4, -0.2) is 38.8 Å². The number of carbonyl (C=O) groups excluding carboxylic acids is 1. The van der Waals surface area contributed by atoms with Crippen LogP contribution in [0.1, 0.15) is 18.6 Å². The van der Waals surface area contributed by atoms with Gasteiger partial charge in [0, 0.05) is 26.8 Å². The van der Waals surface area contributed by atoms with Gasteiger partial charge in [-0.2, -0.15) is 0 Å². The fourth-order valence-corrected chi connectivity index (χ4v) is 1.51. The number of nitrogens with one attached hydrogen (secondary N) is 1.